The molecule has 1 heterocycles. The van der Waals surface area contributed by atoms with Crippen LogP contribution in [0.5, 0.6) is 0 Å². The summed E-state index contributed by atoms with van der Waals surface area (Å²) in [5.74, 6) is 0. The Bertz CT molecular complexity index is 354. The van der Waals surface area contributed by atoms with E-state index in [1.165, 1.54) is 11.1 Å². The molecule has 14 heavy (non-hydrogen) atoms. The summed E-state index contributed by atoms with van der Waals surface area (Å²) in [5.41, 5.74) is 2.52. The van der Waals surface area contributed by atoms with Gasteiger partial charge in [0, 0.05) is 0 Å². The van der Waals surface area contributed by atoms with E-state index in [1.807, 2.05) is 24.3 Å². The van der Waals surface area contributed by atoms with Gasteiger partial charge in [0.25, 0.3) is 0 Å². The number of rotatable bonds is 3. The van der Waals surface area contributed by atoms with Crippen molar-refractivity contribution in [2.75, 3.05) is 0 Å². The summed E-state index contributed by atoms with van der Waals surface area (Å²) in [4.78, 5) is 0. The van der Waals surface area contributed by atoms with Crippen molar-refractivity contribution in [1.29, 1.82) is 0 Å². The van der Waals surface area contributed by atoms with Gasteiger partial charge in [-0.05, 0) is 17.5 Å². The van der Waals surface area contributed by atoms with Gasteiger partial charge in [0.2, 0.25) is 0 Å². The summed E-state index contributed by atoms with van der Waals surface area (Å²) in [7, 11) is 0. The molecule has 72 valence electrons. The van der Waals surface area contributed by atoms with E-state index in [9.17, 15) is 0 Å². The van der Waals surface area contributed by atoms with Crippen LogP contribution in [0.3, 0.4) is 0 Å². The minimum atomic E-state index is 0.0520. The fourth-order valence-corrected chi connectivity index (χ4v) is 1.90. The molecule has 0 aliphatic carbocycles. The topological polar surface area (TPSA) is 9.23 Å². The lowest BCUT2D eigenvalue weighted by Gasteiger charge is -2.08. The van der Waals surface area contributed by atoms with Crippen molar-refractivity contribution in [1.82, 2.24) is 0 Å². The van der Waals surface area contributed by atoms with Crippen LogP contribution >= 0.6 is 0 Å². The van der Waals surface area contributed by atoms with E-state index < -0.39 is 0 Å². The number of ether oxygens (including phenoxy) is 1. The van der Waals surface area contributed by atoms with Crippen LogP contribution in [0.4, 0.5) is 0 Å². The third-order valence-electron chi connectivity index (χ3n) is 2.56. The van der Waals surface area contributed by atoms with E-state index in [2.05, 4.69) is 25.3 Å². The van der Waals surface area contributed by atoms with Gasteiger partial charge >= 0.3 is 0 Å². The lowest BCUT2D eigenvalue weighted by atomic mass is 10.0. The van der Waals surface area contributed by atoms with Crippen LogP contribution in [0.2, 0.25) is 0 Å². The fourth-order valence-electron chi connectivity index (χ4n) is 1.90. The van der Waals surface area contributed by atoms with Gasteiger partial charge in [0.05, 0.1) is 6.10 Å². The second kappa shape index (κ2) is 3.81. The van der Waals surface area contributed by atoms with Crippen LogP contribution in [0.15, 0.2) is 49.6 Å². The van der Waals surface area contributed by atoms with Gasteiger partial charge in [-0.15, -0.1) is 13.2 Å². The van der Waals surface area contributed by atoms with Gasteiger partial charge in [-0.1, -0.05) is 36.4 Å². The van der Waals surface area contributed by atoms with Gasteiger partial charge < -0.3 is 4.74 Å². The second-order valence-electron chi connectivity index (χ2n) is 3.43. The maximum atomic E-state index is 5.83. The first-order chi connectivity index (χ1) is 6.86. The summed E-state index contributed by atoms with van der Waals surface area (Å²) in [6, 6.07) is 8.30. The third kappa shape index (κ3) is 1.40. The van der Waals surface area contributed by atoms with E-state index in [0.29, 0.717) is 0 Å². The van der Waals surface area contributed by atoms with Gasteiger partial charge in [0.15, 0.2) is 0 Å². The highest BCUT2D eigenvalue weighted by Crippen LogP contribution is 2.41. The molecule has 0 amide bonds. The highest BCUT2D eigenvalue weighted by atomic mass is 16.5. The normalized spacial score (nSPS) is 24.3. The quantitative estimate of drug-likeness (QED) is 0.656. The minimum absolute atomic E-state index is 0.0520. The number of hydrogen-bond acceptors (Lipinski definition) is 1. The van der Waals surface area contributed by atoms with E-state index in [0.717, 1.165) is 6.42 Å². The Morgan fingerprint density at radius 1 is 1.21 bits per heavy atom. The van der Waals surface area contributed by atoms with Gasteiger partial charge in [-0.25, -0.2) is 0 Å². The monoisotopic (exact) mass is 186 g/mol. The molecule has 2 atom stereocenters. The van der Waals surface area contributed by atoms with Gasteiger partial charge in [0.1, 0.15) is 6.10 Å². The molecule has 2 unspecified atom stereocenters. The first kappa shape index (κ1) is 9.22. The summed E-state index contributed by atoms with van der Waals surface area (Å²) in [5, 5.41) is 0. The third-order valence-corrected chi connectivity index (χ3v) is 2.56. The second-order valence-corrected chi connectivity index (χ2v) is 3.43. The average Bonchev–Trinajstić information content (AvgIpc) is 2.58. The summed E-state index contributed by atoms with van der Waals surface area (Å²) in [6.07, 6.45) is 4.82. The van der Waals surface area contributed by atoms with E-state index in [1.54, 1.807) is 0 Å². The van der Waals surface area contributed by atoms with Crippen molar-refractivity contribution in [3.8, 4) is 0 Å². The Morgan fingerprint density at radius 2 is 1.93 bits per heavy atom. The van der Waals surface area contributed by atoms with Crippen molar-refractivity contribution in [2.45, 2.75) is 18.6 Å². The Morgan fingerprint density at radius 3 is 2.57 bits per heavy atom. The van der Waals surface area contributed by atoms with Gasteiger partial charge in [-0.2, -0.15) is 0 Å². The van der Waals surface area contributed by atoms with Crippen LogP contribution < -0.4 is 0 Å². The van der Waals surface area contributed by atoms with Crippen molar-refractivity contribution in [3.63, 3.8) is 0 Å². The Kier molecular flexibility index (Phi) is 2.51. The molecule has 0 radical (unpaired) electrons. The smallest absolute Gasteiger partial charge is 0.102 e. The van der Waals surface area contributed by atoms with Crippen LogP contribution in [-0.2, 0) is 4.74 Å². The molecule has 1 aromatic rings. The van der Waals surface area contributed by atoms with E-state index >= 15 is 0 Å². The number of fused-ring (bicyclic) bond motifs is 1. The van der Waals surface area contributed by atoms with Crippen molar-refractivity contribution < 1.29 is 4.74 Å². The molecule has 0 saturated carbocycles. The number of benzene rings is 1. The summed E-state index contributed by atoms with van der Waals surface area (Å²) >= 11 is 0. The Labute approximate surface area is 84.7 Å². The summed E-state index contributed by atoms with van der Waals surface area (Å²) < 4.78 is 5.83. The zero-order valence-electron chi connectivity index (χ0n) is 8.15. The minimum Gasteiger partial charge on any atom is -0.361 e. The standard InChI is InChI=1S/C13H14O/c1-3-7-13-11-9-6-5-8-10(11)12(4-2)14-13/h3-6,8-9,12-13H,1-2,7H2. The lowest BCUT2D eigenvalue weighted by molar-refractivity contribution is 0.0400. The SMILES string of the molecule is C=CCC1OC(C=C)c2ccccc21. The first-order valence-electron chi connectivity index (χ1n) is 4.84. The van der Waals surface area contributed by atoms with Crippen LogP contribution in [0, 0.1) is 0 Å². The predicted octanol–water partition coefficient (Wildman–Crippen LogP) is 3.56. The molecule has 1 aromatic carbocycles. The summed E-state index contributed by atoms with van der Waals surface area (Å²) in [6.45, 7) is 7.53. The molecule has 0 bridgehead atoms. The maximum absolute atomic E-state index is 5.83. The van der Waals surface area contributed by atoms with Crippen molar-refractivity contribution in [3.05, 3.63) is 60.7 Å². The zero-order chi connectivity index (χ0) is 9.97. The average molecular weight is 186 g/mol. The molecule has 0 N–H and O–H groups in total. The largest absolute Gasteiger partial charge is 0.361 e. The number of hydrogen-bond donors (Lipinski definition) is 0. The molecular formula is C13H14O. The van der Waals surface area contributed by atoms with Gasteiger partial charge in [-0.3, -0.25) is 0 Å². The predicted molar refractivity (Wildman–Crippen MR) is 58.0 cm³/mol. The molecule has 0 fully saturated rings. The maximum Gasteiger partial charge on any atom is 0.102 e. The molecule has 1 aliphatic heterocycles. The Hall–Kier alpha value is -1.34. The molecule has 2 rings (SSSR count). The van der Waals surface area contributed by atoms with Crippen LogP contribution in [0.25, 0.3) is 0 Å². The fraction of sp³-hybridized carbons (Fsp3) is 0.231. The van der Waals surface area contributed by atoms with E-state index in [-0.39, 0.29) is 12.2 Å². The van der Waals surface area contributed by atoms with Crippen LogP contribution in [-0.4, -0.2) is 0 Å². The highest BCUT2D eigenvalue weighted by Gasteiger charge is 2.28. The zero-order valence-corrected chi connectivity index (χ0v) is 8.15. The first-order valence-corrected chi connectivity index (χ1v) is 4.84. The van der Waals surface area contributed by atoms with E-state index in [4.69, 9.17) is 4.74 Å². The molecule has 1 heteroatoms. The molecule has 0 saturated heterocycles. The molecular weight excluding hydrogens is 172 g/mol. The van der Waals surface area contributed by atoms with Crippen LogP contribution in [0.1, 0.15) is 29.8 Å². The molecule has 0 spiro atoms. The molecule has 0 aromatic heterocycles. The highest BCUT2D eigenvalue weighted by molar-refractivity contribution is 5.36. The molecule has 1 nitrogen and oxygen atoms in total. The molecule has 1 aliphatic rings. The van der Waals surface area contributed by atoms with Crippen molar-refractivity contribution in [2.24, 2.45) is 0 Å². The Balaban J connectivity index is 2.37. The lowest BCUT2D eigenvalue weighted by Crippen LogP contribution is -1.94. The van der Waals surface area contributed by atoms with Crippen molar-refractivity contribution >= 4 is 0 Å².